The highest BCUT2D eigenvalue weighted by Gasteiger charge is 2.60. The van der Waals surface area contributed by atoms with Crippen LogP contribution in [0.5, 0.6) is 34.5 Å². The third-order valence-electron chi connectivity index (χ3n) is 10.5. The Bertz CT molecular complexity index is 1750. The maximum absolute atomic E-state index is 11.9. The Balaban J connectivity index is 0.000000143. The smallest absolute Gasteiger partial charge is 0.322 e. The average Bonchev–Trinajstić information content (AvgIpc) is 3.98. The number of rotatable bonds is 8. The van der Waals surface area contributed by atoms with Gasteiger partial charge in [0.2, 0.25) is 0 Å². The number of esters is 1. The lowest BCUT2D eigenvalue weighted by atomic mass is 9.90. The first-order valence-electron chi connectivity index (χ1n) is 16.6. The summed E-state index contributed by atoms with van der Waals surface area (Å²) < 4.78 is 31.9. The van der Waals surface area contributed by atoms with E-state index < -0.39 is 5.41 Å². The van der Waals surface area contributed by atoms with E-state index in [2.05, 4.69) is 13.5 Å². The molecule has 0 bridgehead atoms. The van der Waals surface area contributed by atoms with Crippen molar-refractivity contribution in [3.8, 4) is 34.5 Å². The number of hydrogen-bond acceptors (Lipinski definition) is 9. The number of aromatic hydroxyl groups is 2. The van der Waals surface area contributed by atoms with Gasteiger partial charge in [-0.1, -0.05) is 39.1 Å². The molecule has 9 nitrogen and oxygen atoms in total. The summed E-state index contributed by atoms with van der Waals surface area (Å²) in [6.07, 6.45) is 7.10. The summed E-state index contributed by atoms with van der Waals surface area (Å²) >= 11 is 0. The number of ether oxygens (including phenoxy) is 6. The number of aryl methyl sites for hydroxylation is 3. The summed E-state index contributed by atoms with van der Waals surface area (Å²) in [5, 5.41) is 20.1. The van der Waals surface area contributed by atoms with Crippen LogP contribution in [-0.2, 0) is 30.5 Å². The van der Waals surface area contributed by atoms with E-state index >= 15 is 0 Å². The van der Waals surface area contributed by atoms with Gasteiger partial charge in [-0.25, -0.2) is 0 Å². The molecule has 0 saturated heterocycles. The Hall–Kier alpha value is -4.21. The van der Waals surface area contributed by atoms with Crippen LogP contribution in [0, 0.1) is 20.8 Å². The molecule has 2 N–H and O–H groups in total. The first-order chi connectivity index (χ1) is 23.0. The van der Waals surface area contributed by atoms with E-state index in [1.165, 1.54) is 0 Å². The van der Waals surface area contributed by atoms with E-state index in [0.717, 1.165) is 95.6 Å². The first kappa shape index (κ1) is 36.1. The number of allylic oxidation sites excluding steroid dienone is 1. The molecule has 5 aliphatic rings. The van der Waals surface area contributed by atoms with Gasteiger partial charge >= 0.3 is 5.97 Å². The predicted molar refractivity (Wildman–Crippen MR) is 187 cm³/mol. The molecule has 3 aromatic carbocycles. The highest BCUT2D eigenvalue weighted by Crippen LogP contribution is 2.64. The van der Waals surface area contributed by atoms with Crippen molar-refractivity contribution in [1.82, 2.24) is 0 Å². The molecule has 0 amide bonds. The molecule has 2 spiro atoms. The zero-order valence-electron chi connectivity index (χ0n) is 28.8. The molecular formula is C40H50O9. The lowest BCUT2D eigenvalue weighted by Crippen LogP contribution is -2.17. The lowest BCUT2D eigenvalue weighted by molar-refractivity contribution is -0.135. The fourth-order valence-corrected chi connectivity index (χ4v) is 7.02. The second kappa shape index (κ2) is 13.6. The van der Waals surface area contributed by atoms with Crippen molar-refractivity contribution in [3.05, 3.63) is 82.1 Å². The van der Waals surface area contributed by atoms with Crippen LogP contribution in [0.15, 0.2) is 48.7 Å². The molecule has 0 atom stereocenters. The van der Waals surface area contributed by atoms with Gasteiger partial charge in [0.25, 0.3) is 0 Å². The molecule has 3 aromatic rings. The molecule has 8 rings (SSSR count). The third-order valence-corrected chi connectivity index (χ3v) is 10.5. The molecule has 49 heavy (non-hydrogen) atoms. The fourth-order valence-electron chi connectivity index (χ4n) is 7.02. The quantitative estimate of drug-likeness (QED) is 0.138. The minimum absolute atomic E-state index is 0. The average molecular weight is 675 g/mol. The Kier molecular flexibility index (Phi) is 10.0. The summed E-state index contributed by atoms with van der Waals surface area (Å²) in [7, 11) is 3.17. The van der Waals surface area contributed by atoms with Gasteiger partial charge in [0.15, 0.2) is 13.6 Å². The van der Waals surface area contributed by atoms with Gasteiger partial charge < -0.3 is 38.6 Å². The van der Waals surface area contributed by atoms with Crippen molar-refractivity contribution in [2.45, 2.75) is 96.3 Å². The standard InChI is InChI=1S/C14H20O3.C13H14O4.C12H12O2.CH4/c1-4-14(7-8-14)12-11(17-9-16-3)6-5-10(2)13(12)15;1-8-3-4-9(16-7-15-2)10-11(8)17-12(14)13(10)5-6-13;1-7-3-4-9(13)10-11(7)14-8(2)12(10)5-6-12;/h5-6,15H,4,7-9H2,1-3H3;3-4H,5-7H2,1-2H3;3-4,13H,2,5-6H2,1H3;1H4. The number of hydrogen-bond donors (Lipinski definition) is 2. The number of benzene rings is 3. The maximum Gasteiger partial charge on any atom is 0.322 e. The van der Waals surface area contributed by atoms with Crippen LogP contribution in [0.3, 0.4) is 0 Å². The van der Waals surface area contributed by atoms with Gasteiger partial charge in [0.1, 0.15) is 45.7 Å². The summed E-state index contributed by atoms with van der Waals surface area (Å²) in [4.78, 5) is 11.9. The molecule has 0 radical (unpaired) electrons. The fraction of sp³-hybridized carbons (Fsp3) is 0.475. The first-order valence-corrected chi connectivity index (χ1v) is 16.6. The molecule has 2 aliphatic heterocycles. The predicted octanol–water partition coefficient (Wildman–Crippen LogP) is 8.33. The molecular weight excluding hydrogens is 624 g/mol. The topological polar surface area (TPSA) is 113 Å². The van der Waals surface area contributed by atoms with Crippen LogP contribution in [0.4, 0.5) is 0 Å². The molecule has 3 fully saturated rings. The molecule has 3 saturated carbocycles. The molecule has 2 heterocycles. The minimum atomic E-state index is -0.426. The van der Waals surface area contributed by atoms with Crippen LogP contribution in [0.2, 0.25) is 0 Å². The highest BCUT2D eigenvalue weighted by molar-refractivity contribution is 5.95. The van der Waals surface area contributed by atoms with E-state index in [1.54, 1.807) is 20.3 Å². The van der Waals surface area contributed by atoms with E-state index in [0.29, 0.717) is 23.0 Å². The number of methoxy groups -OCH3 is 2. The SMILES string of the molecule is C.C=C1Oc2c(C)ccc(O)c2C12CC2.CCC1(c2c(OCOC)ccc(C)c2O)CC1.COCOc1ccc(C)c2c1C1(CC1)C(=O)O2. The summed E-state index contributed by atoms with van der Waals surface area (Å²) in [5.41, 5.74) is 5.45. The van der Waals surface area contributed by atoms with Crippen LogP contribution >= 0.6 is 0 Å². The minimum Gasteiger partial charge on any atom is -0.507 e. The van der Waals surface area contributed by atoms with Crippen LogP contribution in [-0.4, -0.2) is 44.0 Å². The number of carbonyl (C=O) groups excluding carboxylic acids is 1. The summed E-state index contributed by atoms with van der Waals surface area (Å²) in [6, 6.07) is 11.2. The Labute approximate surface area is 289 Å². The second-order valence-electron chi connectivity index (χ2n) is 13.6. The zero-order valence-corrected chi connectivity index (χ0v) is 28.8. The summed E-state index contributed by atoms with van der Waals surface area (Å²) in [5.74, 6) is 4.37. The van der Waals surface area contributed by atoms with Crippen molar-refractivity contribution >= 4 is 5.97 Å². The highest BCUT2D eigenvalue weighted by atomic mass is 16.7. The van der Waals surface area contributed by atoms with Crippen molar-refractivity contribution in [2.75, 3.05) is 27.8 Å². The molecule has 9 heteroatoms. The van der Waals surface area contributed by atoms with E-state index in [4.69, 9.17) is 28.4 Å². The number of phenols is 2. The Morgan fingerprint density at radius 2 is 1.22 bits per heavy atom. The molecule has 3 aliphatic carbocycles. The normalized spacial score (nSPS) is 18.4. The van der Waals surface area contributed by atoms with Gasteiger partial charge in [0, 0.05) is 25.2 Å². The molecule has 0 aromatic heterocycles. The number of carbonyl (C=O) groups is 1. The van der Waals surface area contributed by atoms with Crippen molar-refractivity contribution in [2.24, 2.45) is 0 Å². The lowest BCUT2D eigenvalue weighted by Gasteiger charge is -2.20. The molecule has 264 valence electrons. The van der Waals surface area contributed by atoms with E-state index in [-0.39, 0.29) is 37.8 Å². The Morgan fingerprint density at radius 3 is 1.73 bits per heavy atom. The van der Waals surface area contributed by atoms with Crippen LogP contribution < -0.4 is 18.9 Å². The van der Waals surface area contributed by atoms with Gasteiger partial charge in [-0.15, -0.1) is 0 Å². The zero-order chi connectivity index (χ0) is 34.4. The van der Waals surface area contributed by atoms with Gasteiger partial charge in [0.05, 0.1) is 16.5 Å². The second-order valence-corrected chi connectivity index (χ2v) is 13.6. The van der Waals surface area contributed by atoms with E-state index in [1.807, 2.05) is 51.1 Å². The van der Waals surface area contributed by atoms with Crippen molar-refractivity contribution in [1.29, 1.82) is 0 Å². The van der Waals surface area contributed by atoms with Gasteiger partial charge in [-0.2, -0.15) is 0 Å². The van der Waals surface area contributed by atoms with Crippen molar-refractivity contribution in [3.63, 3.8) is 0 Å². The number of fused-ring (bicyclic) bond motifs is 4. The largest absolute Gasteiger partial charge is 0.507 e. The number of phenolic OH excluding ortho intramolecular Hbond substituents is 2. The van der Waals surface area contributed by atoms with Crippen LogP contribution in [0.25, 0.3) is 0 Å². The van der Waals surface area contributed by atoms with Crippen molar-refractivity contribution < 1.29 is 43.4 Å². The third kappa shape index (κ3) is 6.23. The maximum atomic E-state index is 11.9. The van der Waals surface area contributed by atoms with Crippen LogP contribution in [0.1, 0.15) is 92.7 Å². The summed E-state index contributed by atoms with van der Waals surface area (Å²) in [6.45, 7) is 12.3. The van der Waals surface area contributed by atoms with Gasteiger partial charge in [-0.3, -0.25) is 4.79 Å². The molecule has 0 unspecified atom stereocenters. The Morgan fingerprint density at radius 1 is 0.714 bits per heavy atom. The van der Waals surface area contributed by atoms with E-state index in [9.17, 15) is 15.0 Å². The monoisotopic (exact) mass is 674 g/mol. The van der Waals surface area contributed by atoms with Gasteiger partial charge in [-0.05, 0) is 101 Å².